The van der Waals surface area contributed by atoms with E-state index in [0.29, 0.717) is 17.5 Å². The summed E-state index contributed by atoms with van der Waals surface area (Å²) in [5.41, 5.74) is 5.61. The van der Waals surface area contributed by atoms with Gasteiger partial charge in [0.05, 0.1) is 5.75 Å². The lowest BCUT2D eigenvalue weighted by Gasteiger charge is -2.61. The Hall–Kier alpha value is -1.76. The molecule has 6 nitrogen and oxygen atoms in total. The Labute approximate surface area is 139 Å². The molecule has 0 spiro atoms. The van der Waals surface area contributed by atoms with Crippen molar-refractivity contribution in [3.05, 3.63) is 29.1 Å². The number of nitrogen functional groups attached to an aromatic ring is 1. The molecule has 1 aromatic rings. The van der Waals surface area contributed by atoms with Crippen LogP contribution in [0.15, 0.2) is 28.7 Å². The van der Waals surface area contributed by atoms with E-state index in [-0.39, 0.29) is 23.2 Å². The molecule has 0 saturated heterocycles. The highest BCUT2D eigenvalue weighted by Gasteiger charge is 2.59. The van der Waals surface area contributed by atoms with E-state index >= 15 is 0 Å². The van der Waals surface area contributed by atoms with Gasteiger partial charge < -0.3 is 15.0 Å². The molecule has 2 fully saturated rings. The van der Waals surface area contributed by atoms with Crippen molar-refractivity contribution in [3.8, 4) is 0 Å². The molecule has 23 heavy (non-hydrogen) atoms. The maximum absolute atomic E-state index is 12.1. The zero-order valence-corrected chi connectivity index (χ0v) is 14.0. The Bertz CT molecular complexity index is 702. The molecular formula is C16H21N3O3S. The summed E-state index contributed by atoms with van der Waals surface area (Å²) >= 11 is 1.17. The van der Waals surface area contributed by atoms with Crippen LogP contribution in [0.2, 0.25) is 0 Å². The van der Waals surface area contributed by atoms with E-state index in [2.05, 4.69) is 18.5 Å². The van der Waals surface area contributed by atoms with Gasteiger partial charge in [-0.05, 0) is 25.2 Å². The van der Waals surface area contributed by atoms with Crippen LogP contribution < -0.4 is 11.3 Å². The number of aromatic nitrogens is 2. The maximum Gasteiger partial charge on any atom is 0.316 e. The van der Waals surface area contributed by atoms with E-state index in [1.54, 1.807) is 10.6 Å². The van der Waals surface area contributed by atoms with Crippen molar-refractivity contribution >= 4 is 23.5 Å². The standard InChI is InChI=1S/C16H21N3O3S/c1-3-6-19-12(17)8-13(20)18-15(19)23-9-14(21)22-11-7-10-4-5-16(10,11)2/h3,8,10-11H,1,4-7,9,17H2,2H3/t10-,11+,16-/m0/s1. The minimum atomic E-state index is -0.414. The molecule has 0 aromatic carbocycles. The minimum Gasteiger partial charge on any atom is -0.461 e. The Morgan fingerprint density at radius 1 is 1.70 bits per heavy atom. The SMILES string of the molecule is C=CCn1c(N)cc(=O)nc1SCC(=O)O[C@@H]1C[C@@H]2CC[C@@]21C. The Balaban J connectivity index is 1.60. The highest BCUT2D eigenvalue weighted by atomic mass is 32.2. The first-order chi connectivity index (χ1) is 10.9. The van der Waals surface area contributed by atoms with Gasteiger partial charge in [-0.2, -0.15) is 4.98 Å². The second-order valence-corrected chi connectivity index (χ2v) is 7.39. The third-order valence-corrected chi connectivity index (χ3v) is 6.07. The minimum absolute atomic E-state index is 0.0403. The highest BCUT2D eigenvalue weighted by molar-refractivity contribution is 7.99. The van der Waals surface area contributed by atoms with Gasteiger partial charge >= 0.3 is 5.97 Å². The number of hydrogen-bond donors (Lipinski definition) is 1. The molecular weight excluding hydrogens is 314 g/mol. The van der Waals surface area contributed by atoms with Gasteiger partial charge in [-0.15, -0.1) is 6.58 Å². The number of nitrogens with zero attached hydrogens (tertiary/aromatic N) is 2. The van der Waals surface area contributed by atoms with Gasteiger partial charge in [0.1, 0.15) is 11.9 Å². The molecule has 2 aliphatic carbocycles. The molecule has 3 atom stereocenters. The lowest BCUT2D eigenvalue weighted by atomic mass is 9.47. The fourth-order valence-electron chi connectivity index (χ4n) is 3.41. The number of rotatable bonds is 6. The van der Waals surface area contributed by atoms with Crippen LogP contribution in [-0.4, -0.2) is 27.4 Å². The third kappa shape index (κ3) is 2.89. The molecule has 124 valence electrons. The van der Waals surface area contributed by atoms with Crippen molar-refractivity contribution in [3.63, 3.8) is 0 Å². The first-order valence-electron chi connectivity index (χ1n) is 7.74. The van der Waals surface area contributed by atoms with Gasteiger partial charge in [-0.1, -0.05) is 24.8 Å². The molecule has 7 heteroatoms. The van der Waals surface area contributed by atoms with Crippen molar-refractivity contribution in [2.24, 2.45) is 11.3 Å². The van der Waals surface area contributed by atoms with Crippen molar-refractivity contribution in [2.75, 3.05) is 11.5 Å². The summed E-state index contributed by atoms with van der Waals surface area (Å²) in [5.74, 6) is 0.879. The van der Waals surface area contributed by atoms with E-state index in [0.717, 1.165) is 18.8 Å². The average Bonchev–Trinajstić information content (AvgIpc) is 2.50. The first kappa shape index (κ1) is 16.1. The number of hydrogen-bond acceptors (Lipinski definition) is 6. The zero-order chi connectivity index (χ0) is 16.6. The second kappa shape index (κ2) is 6.03. The van der Waals surface area contributed by atoms with Gasteiger partial charge in [0.25, 0.3) is 5.56 Å². The van der Waals surface area contributed by atoms with Gasteiger partial charge in [-0.3, -0.25) is 9.59 Å². The zero-order valence-electron chi connectivity index (χ0n) is 13.2. The van der Waals surface area contributed by atoms with Crippen LogP contribution in [0.5, 0.6) is 0 Å². The number of thioether (sulfide) groups is 1. The van der Waals surface area contributed by atoms with Crippen LogP contribution in [0.1, 0.15) is 26.2 Å². The monoisotopic (exact) mass is 335 g/mol. The number of carbonyl (C=O) groups is 1. The second-order valence-electron chi connectivity index (χ2n) is 6.45. The van der Waals surface area contributed by atoms with Crippen LogP contribution in [0.25, 0.3) is 0 Å². The van der Waals surface area contributed by atoms with Crippen molar-refractivity contribution in [1.29, 1.82) is 0 Å². The average molecular weight is 335 g/mol. The van der Waals surface area contributed by atoms with E-state index in [1.165, 1.54) is 24.2 Å². The highest BCUT2D eigenvalue weighted by Crippen LogP contribution is 2.61. The molecule has 0 unspecified atom stereocenters. The molecule has 0 radical (unpaired) electrons. The Morgan fingerprint density at radius 2 is 2.48 bits per heavy atom. The van der Waals surface area contributed by atoms with E-state index < -0.39 is 5.56 Å². The normalized spacial score (nSPS) is 28.2. The summed E-state index contributed by atoms with van der Waals surface area (Å²) in [6, 6.07) is 1.26. The molecule has 1 heterocycles. The quantitative estimate of drug-likeness (QED) is 0.369. The smallest absolute Gasteiger partial charge is 0.316 e. The number of nitrogens with two attached hydrogens (primary N) is 1. The summed E-state index contributed by atoms with van der Waals surface area (Å²) < 4.78 is 7.23. The fourth-order valence-corrected chi connectivity index (χ4v) is 4.21. The summed E-state index contributed by atoms with van der Waals surface area (Å²) in [6.07, 6.45) is 5.07. The molecule has 0 amide bonds. The molecule has 2 N–H and O–H groups in total. The predicted octanol–water partition coefficient (Wildman–Crippen LogP) is 1.84. The molecule has 1 aromatic heterocycles. The maximum atomic E-state index is 12.1. The largest absolute Gasteiger partial charge is 0.461 e. The van der Waals surface area contributed by atoms with Crippen LogP contribution in [-0.2, 0) is 16.1 Å². The van der Waals surface area contributed by atoms with Crippen LogP contribution >= 0.6 is 11.8 Å². The number of ether oxygens (including phenoxy) is 1. The van der Waals surface area contributed by atoms with E-state index in [9.17, 15) is 9.59 Å². The first-order valence-corrected chi connectivity index (χ1v) is 8.73. The summed E-state index contributed by atoms with van der Waals surface area (Å²) in [6.45, 7) is 6.28. The molecule has 2 aliphatic rings. The fraction of sp³-hybridized carbons (Fsp3) is 0.562. The van der Waals surface area contributed by atoms with E-state index in [1.807, 2.05) is 0 Å². The van der Waals surface area contributed by atoms with Crippen LogP contribution in [0.4, 0.5) is 5.82 Å². The summed E-state index contributed by atoms with van der Waals surface area (Å²) in [5, 5.41) is 0.410. The number of carbonyl (C=O) groups excluding carboxylic acids is 1. The van der Waals surface area contributed by atoms with Crippen molar-refractivity contribution in [1.82, 2.24) is 9.55 Å². The van der Waals surface area contributed by atoms with Gasteiger partial charge in [0.2, 0.25) is 0 Å². The molecule has 0 aliphatic heterocycles. The third-order valence-electron chi connectivity index (χ3n) is 5.12. The topological polar surface area (TPSA) is 87.2 Å². The van der Waals surface area contributed by atoms with Crippen molar-refractivity contribution < 1.29 is 9.53 Å². The lowest BCUT2D eigenvalue weighted by Crippen LogP contribution is -2.59. The number of anilines is 1. The number of esters is 1. The van der Waals surface area contributed by atoms with Gasteiger partial charge in [0, 0.05) is 18.0 Å². The summed E-state index contributed by atoms with van der Waals surface area (Å²) in [4.78, 5) is 27.5. The van der Waals surface area contributed by atoms with Crippen LogP contribution in [0.3, 0.4) is 0 Å². The lowest BCUT2D eigenvalue weighted by molar-refractivity contribution is -0.205. The van der Waals surface area contributed by atoms with Gasteiger partial charge in [-0.25, -0.2) is 0 Å². The van der Waals surface area contributed by atoms with Crippen molar-refractivity contribution in [2.45, 2.75) is 44.0 Å². The van der Waals surface area contributed by atoms with Gasteiger partial charge in [0.15, 0.2) is 5.16 Å². The summed E-state index contributed by atoms with van der Waals surface area (Å²) in [7, 11) is 0. The number of allylic oxidation sites excluding steroid dienone is 1. The molecule has 3 rings (SSSR count). The predicted molar refractivity (Wildman–Crippen MR) is 89.2 cm³/mol. The van der Waals surface area contributed by atoms with E-state index in [4.69, 9.17) is 10.5 Å². The molecule has 0 bridgehead atoms. The van der Waals surface area contributed by atoms with Crippen LogP contribution in [0, 0.1) is 11.3 Å². The Morgan fingerprint density at radius 3 is 3.04 bits per heavy atom. The number of fused-ring (bicyclic) bond motifs is 1. The molecule has 2 saturated carbocycles. The Kier molecular flexibility index (Phi) is 4.23.